The fourth-order valence-electron chi connectivity index (χ4n) is 2.03. The van der Waals surface area contributed by atoms with Crippen LogP contribution in [0.2, 0.25) is 0 Å². The van der Waals surface area contributed by atoms with Gasteiger partial charge in [0.05, 0.1) is 0 Å². The second-order valence-corrected chi connectivity index (χ2v) is 4.63. The Labute approximate surface area is 124 Å². The Kier molecular flexibility index (Phi) is 5.21. The molecule has 0 bridgehead atoms. The third-order valence-corrected chi connectivity index (χ3v) is 3.14. The molecule has 0 spiro atoms. The largest absolute Gasteiger partial charge is 0.491 e. The van der Waals surface area contributed by atoms with E-state index in [0.29, 0.717) is 18.9 Å². The number of benzene rings is 2. The number of anilines is 1. The maximum atomic E-state index is 11.1. The van der Waals surface area contributed by atoms with Crippen molar-refractivity contribution in [1.29, 1.82) is 0 Å². The number of ether oxygens (including phenoxy) is 1. The van der Waals surface area contributed by atoms with Gasteiger partial charge in [-0.25, -0.2) is 4.79 Å². The molecule has 0 atom stereocenters. The van der Waals surface area contributed by atoms with Crippen molar-refractivity contribution in [2.45, 2.75) is 13.3 Å². The summed E-state index contributed by atoms with van der Waals surface area (Å²) in [5, 5.41) is 12.3. The van der Waals surface area contributed by atoms with Gasteiger partial charge >= 0.3 is 5.97 Å². The zero-order valence-corrected chi connectivity index (χ0v) is 12.0. The molecule has 0 heterocycles. The smallest absolute Gasteiger partial charge is 0.339 e. The molecule has 2 aromatic rings. The minimum atomic E-state index is -0.978. The molecule has 0 aromatic heterocycles. The van der Waals surface area contributed by atoms with Crippen LogP contribution in [0.1, 0.15) is 22.8 Å². The Balaban J connectivity index is 1.86. The van der Waals surface area contributed by atoms with Gasteiger partial charge < -0.3 is 15.2 Å². The van der Waals surface area contributed by atoms with E-state index < -0.39 is 5.97 Å². The van der Waals surface area contributed by atoms with Crippen LogP contribution in [0.5, 0.6) is 5.75 Å². The number of hydrogen-bond acceptors (Lipinski definition) is 3. The zero-order chi connectivity index (χ0) is 15.1. The summed E-state index contributed by atoms with van der Waals surface area (Å²) in [6.45, 7) is 3.13. The lowest BCUT2D eigenvalue weighted by Gasteiger charge is -2.11. The number of para-hydroxylation sites is 1. The van der Waals surface area contributed by atoms with Gasteiger partial charge in [-0.3, -0.25) is 0 Å². The van der Waals surface area contributed by atoms with Crippen molar-refractivity contribution in [3.8, 4) is 5.75 Å². The molecule has 2 rings (SSSR count). The molecule has 0 saturated carbocycles. The van der Waals surface area contributed by atoms with Gasteiger partial charge in [0, 0.05) is 12.2 Å². The van der Waals surface area contributed by atoms with Crippen molar-refractivity contribution >= 4 is 11.7 Å². The van der Waals surface area contributed by atoms with E-state index in [0.717, 1.165) is 12.1 Å². The maximum Gasteiger partial charge on any atom is 0.339 e. The van der Waals surface area contributed by atoms with Gasteiger partial charge in [-0.15, -0.1) is 0 Å². The predicted octanol–water partition coefficient (Wildman–Crippen LogP) is 3.44. The molecule has 0 aliphatic carbocycles. The summed E-state index contributed by atoms with van der Waals surface area (Å²) in [4.78, 5) is 11.1. The minimum Gasteiger partial charge on any atom is -0.491 e. The fourth-order valence-corrected chi connectivity index (χ4v) is 2.03. The Morgan fingerprint density at radius 3 is 2.76 bits per heavy atom. The van der Waals surface area contributed by atoms with E-state index in [-0.39, 0.29) is 5.56 Å². The second-order valence-electron chi connectivity index (χ2n) is 4.63. The molecule has 4 nitrogen and oxygen atoms in total. The van der Waals surface area contributed by atoms with E-state index in [1.165, 1.54) is 11.6 Å². The van der Waals surface area contributed by atoms with E-state index in [4.69, 9.17) is 9.84 Å². The van der Waals surface area contributed by atoms with Crippen molar-refractivity contribution in [1.82, 2.24) is 0 Å². The molecule has 0 radical (unpaired) electrons. The molecule has 110 valence electrons. The first-order valence-electron chi connectivity index (χ1n) is 6.98. The molecule has 21 heavy (non-hydrogen) atoms. The monoisotopic (exact) mass is 285 g/mol. The van der Waals surface area contributed by atoms with Crippen LogP contribution < -0.4 is 10.1 Å². The highest BCUT2D eigenvalue weighted by Crippen LogP contribution is 2.17. The third-order valence-electron chi connectivity index (χ3n) is 3.14. The Bertz CT molecular complexity index is 610. The van der Waals surface area contributed by atoms with Gasteiger partial charge in [0.1, 0.15) is 17.9 Å². The van der Waals surface area contributed by atoms with E-state index in [1.807, 2.05) is 12.1 Å². The second kappa shape index (κ2) is 7.33. The Morgan fingerprint density at radius 1 is 1.19 bits per heavy atom. The summed E-state index contributed by atoms with van der Waals surface area (Å²) in [5.41, 5.74) is 2.51. The fraction of sp³-hybridized carbons (Fsp3) is 0.235. The maximum absolute atomic E-state index is 11.1. The first-order valence-corrected chi connectivity index (χ1v) is 6.98. The van der Waals surface area contributed by atoms with Crippen LogP contribution in [0.4, 0.5) is 5.69 Å². The molecule has 2 aromatic carbocycles. The van der Waals surface area contributed by atoms with E-state index in [1.54, 1.807) is 18.2 Å². The summed E-state index contributed by atoms with van der Waals surface area (Å²) < 4.78 is 5.53. The number of carboxylic acid groups (broad SMARTS) is 1. The molecule has 0 fully saturated rings. The highest BCUT2D eigenvalue weighted by molar-refractivity contribution is 5.90. The molecular weight excluding hydrogens is 266 g/mol. The lowest BCUT2D eigenvalue weighted by molar-refractivity contribution is 0.0692. The van der Waals surface area contributed by atoms with Crippen LogP contribution in [0.15, 0.2) is 48.5 Å². The predicted molar refractivity (Wildman–Crippen MR) is 83.2 cm³/mol. The van der Waals surface area contributed by atoms with Crippen LogP contribution in [0.25, 0.3) is 0 Å². The molecule has 0 unspecified atom stereocenters. The van der Waals surface area contributed by atoms with Crippen molar-refractivity contribution in [2.75, 3.05) is 18.5 Å². The SMILES string of the molecule is CCc1cccc(NCCOc2ccccc2C(=O)O)c1. The Hall–Kier alpha value is -2.49. The highest BCUT2D eigenvalue weighted by Gasteiger charge is 2.09. The summed E-state index contributed by atoms with van der Waals surface area (Å²) in [5.74, 6) is -0.580. The van der Waals surface area contributed by atoms with Crippen molar-refractivity contribution in [2.24, 2.45) is 0 Å². The van der Waals surface area contributed by atoms with Gasteiger partial charge in [0.15, 0.2) is 0 Å². The lowest BCUT2D eigenvalue weighted by Crippen LogP contribution is -2.13. The van der Waals surface area contributed by atoms with Crippen LogP contribution in [-0.4, -0.2) is 24.2 Å². The number of rotatable bonds is 7. The van der Waals surface area contributed by atoms with Crippen molar-refractivity contribution in [3.63, 3.8) is 0 Å². The number of nitrogens with one attached hydrogen (secondary N) is 1. The number of carbonyl (C=O) groups is 1. The van der Waals surface area contributed by atoms with E-state index >= 15 is 0 Å². The van der Waals surface area contributed by atoms with Gasteiger partial charge in [-0.05, 0) is 36.2 Å². The van der Waals surface area contributed by atoms with Gasteiger partial charge in [-0.2, -0.15) is 0 Å². The molecule has 0 aliphatic rings. The molecule has 2 N–H and O–H groups in total. The first-order chi connectivity index (χ1) is 10.2. The van der Waals surface area contributed by atoms with E-state index in [9.17, 15) is 4.79 Å². The van der Waals surface area contributed by atoms with Crippen molar-refractivity contribution < 1.29 is 14.6 Å². The number of aromatic carboxylic acids is 1. The average molecular weight is 285 g/mol. The molecule has 0 aliphatic heterocycles. The number of hydrogen-bond donors (Lipinski definition) is 2. The van der Waals surface area contributed by atoms with Crippen LogP contribution in [0.3, 0.4) is 0 Å². The summed E-state index contributed by atoms with van der Waals surface area (Å²) in [6, 6.07) is 14.9. The number of carboxylic acids is 1. The number of aryl methyl sites for hydroxylation is 1. The van der Waals surface area contributed by atoms with Gasteiger partial charge in [0.2, 0.25) is 0 Å². The quantitative estimate of drug-likeness (QED) is 0.765. The topological polar surface area (TPSA) is 58.6 Å². The highest BCUT2D eigenvalue weighted by atomic mass is 16.5. The Morgan fingerprint density at radius 2 is 2.00 bits per heavy atom. The van der Waals surface area contributed by atoms with Gasteiger partial charge in [0.25, 0.3) is 0 Å². The molecule has 4 heteroatoms. The first kappa shape index (κ1) is 14.9. The minimum absolute atomic E-state index is 0.186. The van der Waals surface area contributed by atoms with E-state index in [2.05, 4.69) is 24.4 Å². The van der Waals surface area contributed by atoms with Crippen LogP contribution >= 0.6 is 0 Å². The summed E-state index contributed by atoms with van der Waals surface area (Å²) >= 11 is 0. The molecule has 0 amide bonds. The summed E-state index contributed by atoms with van der Waals surface area (Å²) in [7, 11) is 0. The lowest BCUT2D eigenvalue weighted by atomic mass is 10.1. The molecular formula is C17H19NO3. The standard InChI is InChI=1S/C17H19NO3/c1-2-13-6-5-7-14(12-13)18-10-11-21-16-9-4-3-8-15(16)17(19)20/h3-9,12,18H,2,10-11H2,1H3,(H,19,20). The normalized spacial score (nSPS) is 10.1. The third kappa shape index (κ3) is 4.24. The van der Waals surface area contributed by atoms with Crippen molar-refractivity contribution in [3.05, 3.63) is 59.7 Å². The molecule has 0 saturated heterocycles. The summed E-state index contributed by atoms with van der Waals surface area (Å²) in [6.07, 6.45) is 0.998. The van der Waals surface area contributed by atoms with Gasteiger partial charge in [-0.1, -0.05) is 31.2 Å². The zero-order valence-electron chi connectivity index (χ0n) is 12.0. The van der Waals surface area contributed by atoms with Crippen LogP contribution in [0, 0.1) is 0 Å². The van der Waals surface area contributed by atoms with Crippen LogP contribution in [-0.2, 0) is 6.42 Å². The average Bonchev–Trinajstić information content (AvgIpc) is 2.52.